The van der Waals surface area contributed by atoms with Crippen molar-refractivity contribution < 1.29 is 28.5 Å². The van der Waals surface area contributed by atoms with Crippen molar-refractivity contribution in [2.24, 2.45) is 4.99 Å². The van der Waals surface area contributed by atoms with Gasteiger partial charge in [0.15, 0.2) is 17.0 Å². The van der Waals surface area contributed by atoms with E-state index >= 15 is 0 Å². The van der Waals surface area contributed by atoms with Gasteiger partial charge in [0.05, 0.1) is 42.7 Å². The van der Waals surface area contributed by atoms with Crippen molar-refractivity contribution in [1.29, 1.82) is 0 Å². The molecule has 0 aromatic heterocycles. The first-order valence-electron chi connectivity index (χ1n) is 13.7. The molecule has 2 aliphatic rings. The number of ether oxygens (including phenoxy) is 4. The van der Waals surface area contributed by atoms with Crippen molar-refractivity contribution in [1.82, 2.24) is 4.90 Å². The molecule has 40 heavy (non-hydrogen) atoms. The predicted molar refractivity (Wildman–Crippen MR) is 158 cm³/mol. The van der Waals surface area contributed by atoms with E-state index in [0.717, 1.165) is 24.2 Å². The fourth-order valence-electron chi connectivity index (χ4n) is 4.43. The minimum atomic E-state index is -0.550. The van der Waals surface area contributed by atoms with Gasteiger partial charge in [0, 0.05) is 5.56 Å². The van der Waals surface area contributed by atoms with E-state index in [0.29, 0.717) is 53.2 Å². The number of amides is 1. The van der Waals surface area contributed by atoms with Gasteiger partial charge in [-0.3, -0.25) is 14.7 Å². The summed E-state index contributed by atoms with van der Waals surface area (Å²) in [6.45, 7) is 11.2. The van der Waals surface area contributed by atoms with Crippen LogP contribution in [0, 0.1) is 0 Å². The zero-order valence-corrected chi connectivity index (χ0v) is 24.5. The Balaban J connectivity index is 1.74. The number of esters is 1. The highest BCUT2D eigenvalue weighted by molar-refractivity contribution is 8.05. The van der Waals surface area contributed by atoms with Gasteiger partial charge in [0.1, 0.15) is 11.3 Å². The van der Waals surface area contributed by atoms with Crippen molar-refractivity contribution >= 4 is 41.1 Å². The van der Waals surface area contributed by atoms with Crippen LogP contribution in [0.4, 0.5) is 0 Å². The molecule has 0 aliphatic carbocycles. The molecule has 1 amide bonds. The Morgan fingerprint density at radius 1 is 0.975 bits per heavy atom. The van der Waals surface area contributed by atoms with Crippen LogP contribution in [0.5, 0.6) is 17.2 Å². The van der Waals surface area contributed by atoms with Crippen LogP contribution in [-0.2, 0) is 14.3 Å². The Morgan fingerprint density at radius 2 is 1.70 bits per heavy atom. The van der Waals surface area contributed by atoms with Gasteiger partial charge < -0.3 is 18.9 Å². The number of aliphatic imine (C=N–C) groups is 1. The average molecular weight is 565 g/mol. The molecule has 212 valence electrons. The third-order valence-corrected chi connectivity index (χ3v) is 7.34. The normalized spacial score (nSPS) is 17.6. The SMILES string of the molecule is CCCCOc1ccc(/C=C2\S[C@@H]3N=C(C)C(C(=O)OCC)=C(c4ccc(OCC)c(OCC)c4)N3C2=O)cc1. The molecule has 2 heterocycles. The lowest BCUT2D eigenvalue weighted by atomic mass is 9.99. The minimum Gasteiger partial charge on any atom is -0.494 e. The zero-order chi connectivity index (χ0) is 28.6. The second-order valence-electron chi connectivity index (χ2n) is 9.09. The van der Waals surface area contributed by atoms with E-state index in [-0.39, 0.29) is 18.1 Å². The van der Waals surface area contributed by atoms with Crippen LogP contribution < -0.4 is 14.2 Å². The van der Waals surface area contributed by atoms with Crippen LogP contribution in [0.3, 0.4) is 0 Å². The highest BCUT2D eigenvalue weighted by atomic mass is 32.2. The minimum absolute atomic E-state index is 0.200. The second kappa shape index (κ2) is 13.6. The van der Waals surface area contributed by atoms with Gasteiger partial charge in [-0.25, -0.2) is 4.79 Å². The number of rotatable bonds is 12. The van der Waals surface area contributed by atoms with E-state index in [2.05, 4.69) is 6.92 Å². The molecule has 2 aliphatic heterocycles. The molecule has 9 heteroatoms. The smallest absolute Gasteiger partial charge is 0.342 e. The Labute approximate surface area is 240 Å². The molecule has 2 aromatic rings. The van der Waals surface area contributed by atoms with Gasteiger partial charge >= 0.3 is 5.97 Å². The van der Waals surface area contributed by atoms with Gasteiger partial charge in [0.2, 0.25) is 0 Å². The van der Waals surface area contributed by atoms with Gasteiger partial charge in [-0.1, -0.05) is 37.2 Å². The first-order valence-corrected chi connectivity index (χ1v) is 14.6. The maximum Gasteiger partial charge on any atom is 0.342 e. The number of thioether (sulfide) groups is 1. The van der Waals surface area contributed by atoms with E-state index in [4.69, 9.17) is 23.9 Å². The average Bonchev–Trinajstić information content (AvgIpc) is 3.24. The lowest BCUT2D eigenvalue weighted by Crippen LogP contribution is -2.37. The Bertz CT molecular complexity index is 1330. The number of benzene rings is 2. The van der Waals surface area contributed by atoms with Gasteiger partial charge in [0.25, 0.3) is 5.91 Å². The first kappa shape index (κ1) is 29.3. The molecule has 0 bridgehead atoms. The third-order valence-electron chi connectivity index (χ3n) is 6.27. The highest BCUT2D eigenvalue weighted by Crippen LogP contribution is 2.46. The molecular weight excluding hydrogens is 528 g/mol. The van der Waals surface area contributed by atoms with Crippen LogP contribution in [0.2, 0.25) is 0 Å². The van der Waals surface area contributed by atoms with Gasteiger partial charge in [-0.05, 0) is 76.1 Å². The molecule has 1 atom stereocenters. The topological polar surface area (TPSA) is 86.7 Å². The number of carbonyl (C=O) groups is 2. The summed E-state index contributed by atoms with van der Waals surface area (Å²) < 4.78 is 22.7. The second-order valence-corrected chi connectivity index (χ2v) is 10.2. The number of unbranched alkanes of at least 4 members (excludes halogenated alkanes) is 1. The van der Waals surface area contributed by atoms with Crippen molar-refractivity contribution in [3.8, 4) is 17.2 Å². The van der Waals surface area contributed by atoms with Crippen molar-refractivity contribution in [3.63, 3.8) is 0 Å². The molecule has 2 aromatic carbocycles. The molecule has 0 N–H and O–H groups in total. The standard InChI is InChI=1S/C31H36N2O6S/c1-6-10-17-39-23-14-11-21(12-15-23)18-26-29(34)33-28(22-13-16-24(36-7-2)25(19-22)37-8-3)27(30(35)38-9-4)20(5)32-31(33)40-26/h11-16,18-19,31H,6-10,17H2,1-5H3/b26-18-/t31-/m1/s1. The van der Waals surface area contributed by atoms with E-state index in [9.17, 15) is 9.59 Å². The van der Waals surface area contributed by atoms with E-state index in [1.165, 1.54) is 11.8 Å². The first-order chi connectivity index (χ1) is 19.4. The van der Waals surface area contributed by atoms with Crippen LogP contribution >= 0.6 is 11.8 Å². The van der Waals surface area contributed by atoms with Crippen molar-refractivity contribution in [2.75, 3.05) is 26.4 Å². The zero-order valence-electron chi connectivity index (χ0n) is 23.7. The van der Waals surface area contributed by atoms with E-state index in [1.54, 1.807) is 30.9 Å². The van der Waals surface area contributed by atoms with Crippen LogP contribution in [0.15, 0.2) is 57.9 Å². The summed E-state index contributed by atoms with van der Waals surface area (Å²) in [4.78, 5) is 33.9. The molecule has 0 radical (unpaired) electrons. The summed E-state index contributed by atoms with van der Waals surface area (Å²) in [5.41, 5.74) is 2.17. The Morgan fingerprint density at radius 3 is 2.38 bits per heavy atom. The summed E-state index contributed by atoms with van der Waals surface area (Å²) in [5, 5.41) is 0. The Kier molecular flexibility index (Phi) is 9.93. The van der Waals surface area contributed by atoms with Gasteiger partial charge in [-0.15, -0.1) is 0 Å². The predicted octanol–water partition coefficient (Wildman–Crippen LogP) is 6.31. The number of carbonyl (C=O) groups excluding carboxylic acids is 2. The van der Waals surface area contributed by atoms with Gasteiger partial charge in [-0.2, -0.15) is 0 Å². The summed E-state index contributed by atoms with van der Waals surface area (Å²) in [5.74, 6) is 1.15. The summed E-state index contributed by atoms with van der Waals surface area (Å²) in [6, 6.07) is 13.1. The molecule has 0 saturated carbocycles. The molecule has 8 nitrogen and oxygen atoms in total. The monoisotopic (exact) mass is 564 g/mol. The van der Waals surface area contributed by atoms with Crippen LogP contribution in [0.25, 0.3) is 11.8 Å². The molecule has 1 fully saturated rings. The lowest BCUT2D eigenvalue weighted by Gasteiger charge is -2.30. The highest BCUT2D eigenvalue weighted by Gasteiger charge is 2.44. The Hall–Kier alpha value is -3.72. The summed E-state index contributed by atoms with van der Waals surface area (Å²) in [6.07, 6.45) is 3.91. The number of nitrogens with zero attached hydrogens (tertiary/aromatic N) is 2. The molecule has 1 saturated heterocycles. The molecule has 0 spiro atoms. The largest absolute Gasteiger partial charge is 0.494 e. The number of hydrogen-bond donors (Lipinski definition) is 0. The van der Waals surface area contributed by atoms with E-state index < -0.39 is 11.5 Å². The third kappa shape index (κ3) is 6.36. The fraction of sp³-hybridized carbons (Fsp3) is 0.387. The quantitative estimate of drug-likeness (QED) is 0.170. The van der Waals surface area contributed by atoms with Crippen LogP contribution in [-0.4, -0.2) is 54.4 Å². The molecule has 4 rings (SSSR count). The fourth-order valence-corrected chi connectivity index (χ4v) is 5.57. The van der Waals surface area contributed by atoms with Crippen molar-refractivity contribution in [3.05, 3.63) is 64.1 Å². The summed E-state index contributed by atoms with van der Waals surface area (Å²) in [7, 11) is 0. The number of hydrogen-bond acceptors (Lipinski definition) is 8. The van der Waals surface area contributed by atoms with Crippen LogP contribution in [0.1, 0.15) is 58.6 Å². The molecular formula is C31H36N2O6S. The summed E-state index contributed by atoms with van der Waals surface area (Å²) >= 11 is 1.35. The van der Waals surface area contributed by atoms with E-state index in [1.807, 2.05) is 50.3 Å². The van der Waals surface area contributed by atoms with Crippen molar-refractivity contribution in [2.45, 2.75) is 53.0 Å². The lowest BCUT2D eigenvalue weighted by molar-refractivity contribution is -0.137. The maximum absolute atomic E-state index is 13.9. The molecule has 0 unspecified atom stereocenters. The number of fused-ring (bicyclic) bond motifs is 1. The maximum atomic E-state index is 13.9.